The predicted octanol–water partition coefficient (Wildman–Crippen LogP) is 4.94. The summed E-state index contributed by atoms with van der Waals surface area (Å²) in [4.78, 5) is 18.6. The molecule has 0 aliphatic carbocycles. The molecule has 1 amide bonds. The number of halogens is 3. The quantitative estimate of drug-likeness (QED) is 0.553. The highest BCUT2D eigenvalue weighted by atomic mass is 35.5. The first-order valence-electron chi connectivity index (χ1n) is 9.56. The first-order valence-corrected chi connectivity index (χ1v) is 9.94. The van der Waals surface area contributed by atoms with Crippen LogP contribution in [0.3, 0.4) is 0 Å². The Morgan fingerprint density at radius 1 is 1.27 bits per heavy atom. The van der Waals surface area contributed by atoms with Gasteiger partial charge in [-0.3, -0.25) is 4.79 Å². The highest BCUT2D eigenvalue weighted by Gasteiger charge is 2.33. The number of aromatic nitrogens is 1. The Morgan fingerprint density at radius 3 is 2.93 bits per heavy atom. The highest BCUT2D eigenvalue weighted by molar-refractivity contribution is 6.30. The number of oxazole rings is 1. The van der Waals surface area contributed by atoms with Crippen LogP contribution in [-0.2, 0) is 11.2 Å². The highest BCUT2D eigenvalue weighted by Crippen LogP contribution is 2.32. The second-order valence-electron chi connectivity index (χ2n) is 7.08. The Balaban J connectivity index is 1.40. The van der Waals surface area contributed by atoms with Crippen LogP contribution in [0, 0.1) is 11.6 Å². The van der Waals surface area contributed by atoms with E-state index in [1.807, 2.05) is 18.2 Å². The van der Waals surface area contributed by atoms with Crippen molar-refractivity contribution < 1.29 is 22.7 Å². The molecule has 1 aliphatic heterocycles. The molecule has 156 valence electrons. The summed E-state index contributed by atoms with van der Waals surface area (Å²) in [7, 11) is 0. The minimum atomic E-state index is -0.848. The molecule has 0 N–H and O–H groups in total. The molecule has 1 aliphatic rings. The molecule has 1 atom stereocenters. The Hall–Kier alpha value is -2.93. The van der Waals surface area contributed by atoms with Crippen LogP contribution in [0.1, 0.15) is 36.1 Å². The summed E-state index contributed by atoms with van der Waals surface area (Å²) in [6.45, 7) is 0.180. The van der Waals surface area contributed by atoms with Gasteiger partial charge in [0.25, 0.3) is 5.91 Å². The number of rotatable bonds is 6. The van der Waals surface area contributed by atoms with Gasteiger partial charge in [-0.15, -0.1) is 0 Å². The first-order chi connectivity index (χ1) is 14.5. The van der Waals surface area contributed by atoms with Gasteiger partial charge in [0.2, 0.25) is 5.89 Å². The Morgan fingerprint density at radius 2 is 2.13 bits per heavy atom. The molecule has 2 heterocycles. The van der Waals surface area contributed by atoms with Crippen molar-refractivity contribution in [2.75, 3.05) is 13.2 Å². The molecule has 1 aromatic heterocycles. The van der Waals surface area contributed by atoms with Gasteiger partial charge in [-0.05, 0) is 42.7 Å². The second kappa shape index (κ2) is 8.83. The number of amides is 1. The van der Waals surface area contributed by atoms with Crippen molar-refractivity contribution in [1.82, 2.24) is 9.88 Å². The smallest absolute Gasteiger partial charge is 0.261 e. The van der Waals surface area contributed by atoms with Crippen molar-refractivity contribution in [3.05, 3.63) is 82.5 Å². The monoisotopic (exact) mass is 432 g/mol. The molecule has 5 nitrogen and oxygen atoms in total. The molecule has 0 saturated carbocycles. The fourth-order valence-corrected chi connectivity index (χ4v) is 3.76. The molecule has 3 aromatic rings. The molecule has 4 rings (SSSR count). The lowest BCUT2D eigenvalue weighted by Gasteiger charge is -2.22. The summed E-state index contributed by atoms with van der Waals surface area (Å²) in [6, 6.07) is 10.1. The Labute approximate surface area is 177 Å². The Kier molecular flexibility index (Phi) is 5.99. The van der Waals surface area contributed by atoms with E-state index in [2.05, 4.69) is 4.98 Å². The summed E-state index contributed by atoms with van der Waals surface area (Å²) in [5.74, 6) is -0.888. The molecule has 0 bridgehead atoms. The summed E-state index contributed by atoms with van der Waals surface area (Å²) < 4.78 is 37.8. The van der Waals surface area contributed by atoms with E-state index >= 15 is 0 Å². The fourth-order valence-electron chi connectivity index (χ4n) is 3.54. The van der Waals surface area contributed by atoms with Crippen molar-refractivity contribution in [2.24, 2.45) is 0 Å². The normalized spacial score (nSPS) is 16.1. The van der Waals surface area contributed by atoms with Crippen molar-refractivity contribution in [3.63, 3.8) is 0 Å². The summed E-state index contributed by atoms with van der Waals surface area (Å²) in [5, 5.41) is 0.650. The van der Waals surface area contributed by atoms with E-state index in [4.69, 9.17) is 20.8 Å². The maximum atomic E-state index is 13.7. The van der Waals surface area contributed by atoms with Crippen LogP contribution in [0.5, 0.6) is 5.75 Å². The molecular formula is C22H19ClF2N2O3. The third-order valence-electron chi connectivity index (χ3n) is 4.94. The number of hydrogen-bond donors (Lipinski definition) is 0. The second-order valence-corrected chi connectivity index (χ2v) is 7.52. The average molecular weight is 433 g/mol. The van der Waals surface area contributed by atoms with Gasteiger partial charge >= 0.3 is 0 Å². The van der Waals surface area contributed by atoms with Gasteiger partial charge in [0, 0.05) is 24.1 Å². The fraction of sp³-hybridized carbons (Fsp3) is 0.273. The van der Waals surface area contributed by atoms with Gasteiger partial charge < -0.3 is 14.1 Å². The number of ether oxygens (including phenoxy) is 1. The van der Waals surface area contributed by atoms with E-state index in [0.717, 1.165) is 24.1 Å². The van der Waals surface area contributed by atoms with E-state index in [0.29, 0.717) is 42.1 Å². The lowest BCUT2D eigenvalue weighted by atomic mass is 10.1. The van der Waals surface area contributed by atoms with E-state index in [-0.39, 0.29) is 24.3 Å². The van der Waals surface area contributed by atoms with Gasteiger partial charge in [-0.25, -0.2) is 13.8 Å². The van der Waals surface area contributed by atoms with E-state index in [9.17, 15) is 13.6 Å². The number of hydrogen-bond acceptors (Lipinski definition) is 4. The lowest BCUT2D eigenvalue weighted by Crippen LogP contribution is -2.34. The number of benzene rings is 2. The molecule has 2 aromatic carbocycles. The van der Waals surface area contributed by atoms with Gasteiger partial charge in [-0.1, -0.05) is 23.7 Å². The molecule has 0 spiro atoms. The van der Waals surface area contributed by atoms with Crippen LogP contribution >= 0.6 is 11.6 Å². The minimum Gasteiger partial charge on any atom is -0.481 e. The SMILES string of the molecule is O=C(COc1ccc(F)cc1F)N1CCCC1c1ncc(Cc2cccc(Cl)c2)o1. The maximum absolute atomic E-state index is 13.7. The number of carbonyl (C=O) groups excluding carboxylic acids is 1. The van der Waals surface area contributed by atoms with Crippen molar-refractivity contribution in [2.45, 2.75) is 25.3 Å². The van der Waals surface area contributed by atoms with Crippen molar-refractivity contribution >= 4 is 17.5 Å². The third-order valence-corrected chi connectivity index (χ3v) is 5.18. The summed E-state index contributed by atoms with van der Waals surface area (Å²) in [5.41, 5.74) is 0.999. The third kappa shape index (κ3) is 4.62. The number of likely N-dealkylation sites (tertiary alicyclic amines) is 1. The largest absolute Gasteiger partial charge is 0.481 e. The van der Waals surface area contributed by atoms with E-state index < -0.39 is 11.6 Å². The van der Waals surface area contributed by atoms with Gasteiger partial charge in [0.05, 0.1) is 6.20 Å². The van der Waals surface area contributed by atoms with Crippen LogP contribution < -0.4 is 4.74 Å². The molecule has 1 saturated heterocycles. The van der Waals surface area contributed by atoms with Gasteiger partial charge in [-0.2, -0.15) is 0 Å². The zero-order valence-electron chi connectivity index (χ0n) is 16.0. The van der Waals surface area contributed by atoms with Crippen LogP contribution in [-0.4, -0.2) is 28.9 Å². The molecule has 8 heteroatoms. The minimum absolute atomic E-state index is 0.166. The van der Waals surface area contributed by atoms with Crippen LogP contribution in [0.4, 0.5) is 8.78 Å². The molecule has 0 radical (unpaired) electrons. The molecule has 1 fully saturated rings. The van der Waals surface area contributed by atoms with Crippen molar-refractivity contribution in [1.29, 1.82) is 0 Å². The van der Waals surface area contributed by atoms with Crippen LogP contribution in [0.25, 0.3) is 0 Å². The molecular weight excluding hydrogens is 414 g/mol. The topological polar surface area (TPSA) is 55.6 Å². The van der Waals surface area contributed by atoms with Crippen molar-refractivity contribution in [3.8, 4) is 5.75 Å². The van der Waals surface area contributed by atoms with E-state index in [1.54, 1.807) is 17.2 Å². The van der Waals surface area contributed by atoms with Gasteiger partial charge in [0.15, 0.2) is 18.2 Å². The lowest BCUT2D eigenvalue weighted by molar-refractivity contribution is -0.134. The molecule has 1 unspecified atom stereocenters. The standard InChI is InChI=1S/C22H19ClF2N2O3/c23-15-4-1-3-14(9-15)10-17-12-26-22(30-17)19-5-2-8-27(19)21(28)13-29-20-7-6-16(24)11-18(20)25/h1,3-4,6-7,9,11-12,19H,2,5,8,10,13H2. The number of nitrogens with zero attached hydrogens (tertiary/aromatic N) is 2. The van der Waals surface area contributed by atoms with E-state index in [1.165, 1.54) is 0 Å². The average Bonchev–Trinajstić information content (AvgIpc) is 3.36. The maximum Gasteiger partial charge on any atom is 0.261 e. The predicted molar refractivity (Wildman–Crippen MR) is 106 cm³/mol. The van der Waals surface area contributed by atoms with Crippen LogP contribution in [0.15, 0.2) is 53.1 Å². The Bertz CT molecular complexity index is 1060. The van der Waals surface area contributed by atoms with Gasteiger partial charge in [0.1, 0.15) is 17.6 Å². The summed E-state index contributed by atoms with van der Waals surface area (Å²) >= 11 is 6.02. The first kappa shape index (κ1) is 20.3. The van der Waals surface area contributed by atoms with Crippen LogP contribution in [0.2, 0.25) is 5.02 Å². The molecule has 30 heavy (non-hydrogen) atoms. The zero-order chi connectivity index (χ0) is 21.1. The number of carbonyl (C=O) groups is 1. The zero-order valence-corrected chi connectivity index (χ0v) is 16.7. The summed E-state index contributed by atoms with van der Waals surface area (Å²) in [6.07, 6.45) is 3.71.